The Balaban J connectivity index is 3.11. The van der Waals surface area contributed by atoms with Crippen LogP contribution in [-0.2, 0) is 45.6 Å². The zero-order chi connectivity index (χ0) is 17.2. The first-order valence-electron chi connectivity index (χ1n) is 8.50. The number of ether oxygens (including phenoxy) is 2. The summed E-state index contributed by atoms with van der Waals surface area (Å²) in [7, 11) is 0. The fraction of sp³-hybridized carbons (Fsp3) is 0.875. The van der Waals surface area contributed by atoms with Crippen molar-refractivity contribution in [1.82, 2.24) is 0 Å². The molecule has 6 nitrogen and oxygen atoms in total. The van der Waals surface area contributed by atoms with Crippen LogP contribution in [0.3, 0.4) is 0 Å². The van der Waals surface area contributed by atoms with Crippen molar-refractivity contribution in [2.45, 2.75) is 65.2 Å². The first kappa shape index (κ1) is 22.6. The predicted octanol–water partition coefficient (Wildman–Crippen LogP) is 3.18. The van der Waals surface area contributed by atoms with Crippen molar-refractivity contribution in [3.05, 3.63) is 0 Å². The Hall–Kier alpha value is -0.426. The van der Waals surface area contributed by atoms with Crippen LogP contribution in [0.2, 0.25) is 0 Å². The molecule has 134 valence electrons. The number of unbranched alkanes of at least 4 members (excludes halogenated alkanes) is 4. The molecule has 0 N–H and O–H groups in total. The number of esters is 2. The van der Waals surface area contributed by atoms with Crippen molar-refractivity contribution in [3.63, 3.8) is 0 Å². The summed E-state index contributed by atoms with van der Waals surface area (Å²) in [5, 5.41) is 0. The second kappa shape index (κ2) is 17.9. The van der Waals surface area contributed by atoms with Crippen LogP contribution in [0.5, 0.6) is 0 Å². The summed E-state index contributed by atoms with van der Waals surface area (Å²) < 4.78 is 20.7. The molecule has 0 aromatic carbocycles. The minimum absolute atomic E-state index is 0.117. The van der Waals surface area contributed by atoms with Crippen LogP contribution in [0.4, 0.5) is 0 Å². The van der Waals surface area contributed by atoms with Gasteiger partial charge in [-0.1, -0.05) is 0 Å². The van der Waals surface area contributed by atoms with E-state index in [-0.39, 0.29) is 11.9 Å². The summed E-state index contributed by atoms with van der Waals surface area (Å²) in [6.45, 7) is 5.93. The van der Waals surface area contributed by atoms with Crippen LogP contribution < -0.4 is 0 Å². The van der Waals surface area contributed by atoms with Gasteiger partial charge in [0, 0.05) is 0 Å². The van der Waals surface area contributed by atoms with Crippen molar-refractivity contribution >= 4 is 11.9 Å². The van der Waals surface area contributed by atoms with Crippen LogP contribution >= 0.6 is 0 Å². The van der Waals surface area contributed by atoms with E-state index in [4.69, 9.17) is 16.1 Å². The zero-order valence-corrected chi connectivity index (χ0v) is 16.0. The maximum atomic E-state index is 11.1. The molecule has 0 aliphatic heterocycles. The summed E-state index contributed by atoms with van der Waals surface area (Å²) in [6.07, 6.45) is 6.53. The summed E-state index contributed by atoms with van der Waals surface area (Å²) in [6, 6.07) is 0. The molecular formula is C16H30O6Ti. The summed E-state index contributed by atoms with van der Waals surface area (Å²) in [5.74, 6) is -0.235. The van der Waals surface area contributed by atoms with Gasteiger partial charge < -0.3 is 0 Å². The molecule has 0 aromatic heterocycles. The second-order valence-electron chi connectivity index (χ2n) is 5.01. The molecule has 0 saturated heterocycles. The van der Waals surface area contributed by atoms with Crippen LogP contribution in [-0.4, -0.2) is 38.4 Å². The molecule has 0 saturated carbocycles. The van der Waals surface area contributed by atoms with Crippen molar-refractivity contribution in [2.24, 2.45) is 0 Å². The molecule has 0 bridgehead atoms. The third kappa shape index (κ3) is 17.8. The van der Waals surface area contributed by atoms with E-state index >= 15 is 0 Å². The van der Waals surface area contributed by atoms with Gasteiger partial charge in [-0.3, -0.25) is 0 Å². The molecule has 0 spiro atoms. The Morgan fingerprint density at radius 2 is 1.13 bits per heavy atom. The average molecular weight is 366 g/mol. The van der Waals surface area contributed by atoms with Crippen LogP contribution in [0.25, 0.3) is 0 Å². The van der Waals surface area contributed by atoms with E-state index in [0.717, 1.165) is 38.5 Å². The Morgan fingerprint density at radius 1 is 0.696 bits per heavy atom. The second-order valence-corrected chi connectivity index (χ2v) is 6.17. The van der Waals surface area contributed by atoms with Gasteiger partial charge in [0.25, 0.3) is 0 Å². The molecule has 0 atom stereocenters. The molecule has 0 rings (SSSR count). The molecule has 0 aliphatic rings. The van der Waals surface area contributed by atoms with E-state index in [1.807, 2.05) is 13.8 Å². The van der Waals surface area contributed by atoms with Gasteiger partial charge in [-0.25, -0.2) is 0 Å². The van der Waals surface area contributed by atoms with Gasteiger partial charge in [-0.2, -0.15) is 0 Å². The number of hydrogen-bond acceptors (Lipinski definition) is 6. The Labute approximate surface area is 149 Å². The molecule has 0 heterocycles. The van der Waals surface area contributed by atoms with E-state index in [1.54, 1.807) is 0 Å². The first-order valence-corrected chi connectivity index (χ1v) is 9.78. The third-order valence-electron chi connectivity index (χ3n) is 2.98. The predicted molar refractivity (Wildman–Crippen MR) is 82.1 cm³/mol. The van der Waals surface area contributed by atoms with Crippen LogP contribution in [0.15, 0.2) is 0 Å². The summed E-state index contributed by atoms with van der Waals surface area (Å²) in [4.78, 5) is 22.2. The Morgan fingerprint density at radius 3 is 1.52 bits per heavy atom. The van der Waals surface area contributed by atoms with Gasteiger partial charge in [-0.05, 0) is 0 Å². The van der Waals surface area contributed by atoms with E-state index < -0.39 is 19.9 Å². The Bertz CT molecular complexity index is 270. The van der Waals surface area contributed by atoms with E-state index in [0.29, 0.717) is 39.3 Å². The van der Waals surface area contributed by atoms with Gasteiger partial charge in [-0.15, -0.1) is 0 Å². The fourth-order valence-electron chi connectivity index (χ4n) is 1.83. The fourth-order valence-corrected chi connectivity index (χ4v) is 2.67. The molecular weight excluding hydrogens is 336 g/mol. The number of carbonyl (C=O) groups excluding carboxylic acids is 2. The number of hydrogen-bond donors (Lipinski definition) is 0. The van der Waals surface area contributed by atoms with Crippen molar-refractivity contribution in [3.8, 4) is 0 Å². The van der Waals surface area contributed by atoms with Gasteiger partial charge in [0.15, 0.2) is 0 Å². The standard InChI is InChI=1S/2C8H15O3.Ti/c2*1-2-11-8(10)6-4-3-5-7-9;/h2*2-7H2,1H3;/q2*-1;+2. The van der Waals surface area contributed by atoms with Gasteiger partial charge in [0.05, 0.1) is 0 Å². The molecule has 0 aliphatic carbocycles. The third-order valence-corrected chi connectivity index (χ3v) is 3.99. The monoisotopic (exact) mass is 366 g/mol. The quantitative estimate of drug-likeness (QED) is 0.237. The van der Waals surface area contributed by atoms with E-state index in [2.05, 4.69) is 0 Å². The van der Waals surface area contributed by atoms with Crippen molar-refractivity contribution < 1.29 is 45.6 Å². The minimum atomic E-state index is -0.769. The summed E-state index contributed by atoms with van der Waals surface area (Å²) >= 11 is -0.769. The molecule has 0 unspecified atom stereocenters. The van der Waals surface area contributed by atoms with Crippen LogP contribution in [0.1, 0.15) is 65.2 Å². The number of carbonyl (C=O) groups is 2. The number of rotatable bonds is 16. The van der Waals surface area contributed by atoms with Crippen molar-refractivity contribution in [1.29, 1.82) is 0 Å². The first-order chi connectivity index (χ1) is 11.2. The normalized spacial score (nSPS) is 10.3. The Kier molecular flexibility index (Phi) is 17.6. The van der Waals surface area contributed by atoms with Gasteiger partial charge >= 0.3 is 149 Å². The molecule has 0 fully saturated rings. The zero-order valence-electron chi connectivity index (χ0n) is 14.4. The van der Waals surface area contributed by atoms with E-state index in [9.17, 15) is 9.59 Å². The average Bonchev–Trinajstić information content (AvgIpc) is 2.52. The van der Waals surface area contributed by atoms with Crippen LogP contribution in [0, 0.1) is 0 Å². The molecule has 7 heteroatoms. The SMILES string of the molecule is CCOC(=O)CCCCC[O][Ti][O]CCCCCC(=O)OCC. The van der Waals surface area contributed by atoms with Gasteiger partial charge in [0.2, 0.25) is 0 Å². The topological polar surface area (TPSA) is 71.1 Å². The molecule has 0 radical (unpaired) electrons. The van der Waals surface area contributed by atoms with E-state index in [1.165, 1.54) is 0 Å². The summed E-state index contributed by atoms with van der Waals surface area (Å²) in [5.41, 5.74) is 0. The molecule has 0 amide bonds. The van der Waals surface area contributed by atoms with Gasteiger partial charge in [0.1, 0.15) is 0 Å². The maximum absolute atomic E-state index is 11.1. The molecule has 0 aromatic rings. The molecule has 23 heavy (non-hydrogen) atoms. The van der Waals surface area contributed by atoms with Crippen molar-refractivity contribution in [2.75, 3.05) is 26.4 Å².